The van der Waals surface area contributed by atoms with Gasteiger partial charge in [0.15, 0.2) is 5.16 Å². The van der Waals surface area contributed by atoms with Crippen LogP contribution in [0.15, 0.2) is 0 Å². The van der Waals surface area contributed by atoms with Crippen molar-refractivity contribution in [2.45, 2.75) is 49.5 Å². The Bertz CT molecular complexity index is 1450. The maximum absolute atomic E-state index is 13.2. The number of esters is 2. The molecule has 0 aliphatic heterocycles. The second kappa shape index (κ2) is 16.5. The molecule has 0 bridgehead atoms. The number of carboxylic acid groups (broad SMARTS) is 6. The molecule has 274 valence electrons. The third-order valence-electron chi connectivity index (χ3n) is 6.58. The van der Waals surface area contributed by atoms with Crippen molar-refractivity contribution in [2.75, 3.05) is 0 Å². The summed E-state index contributed by atoms with van der Waals surface area (Å²) in [4.78, 5) is 154. The molecule has 0 aliphatic carbocycles. The molecule has 0 saturated carbocycles. The highest BCUT2D eigenvalue weighted by atomic mass is 31.2. The molecule has 0 aromatic carbocycles. The maximum Gasteiger partial charge on any atom is 0.366 e. The summed E-state index contributed by atoms with van der Waals surface area (Å²) in [6.45, 7) is 0.674. The number of aliphatic carboxylic acids is 6. The van der Waals surface area contributed by atoms with E-state index in [1.54, 1.807) is 0 Å². The predicted molar refractivity (Wildman–Crippen MR) is 143 cm³/mol. The number of hydrogen-bond donors (Lipinski definition) is 12. The van der Waals surface area contributed by atoms with Crippen molar-refractivity contribution in [2.24, 2.45) is 23.7 Å². The van der Waals surface area contributed by atoms with Crippen molar-refractivity contribution >= 4 is 70.5 Å². The van der Waals surface area contributed by atoms with Crippen LogP contribution in [0.2, 0.25) is 0 Å². The van der Waals surface area contributed by atoms with Crippen LogP contribution in [0.25, 0.3) is 0 Å². The molecule has 0 spiro atoms. The summed E-state index contributed by atoms with van der Waals surface area (Å²) in [6, 6.07) is 0. The Morgan fingerprint density at radius 2 is 0.917 bits per heavy atom. The van der Waals surface area contributed by atoms with E-state index in [2.05, 4.69) is 9.47 Å². The Labute approximate surface area is 265 Å². The van der Waals surface area contributed by atoms with Gasteiger partial charge in [-0.2, -0.15) is 0 Å². The monoisotopic (exact) mass is 762 g/mol. The standard InChI is InChI=1S/C20H29O25P3/c1-2-20(48(41,42)43,19(34)45-18(47(38,39)40)12(16(32)33)7(14(28)29)4-9(23)24)5-10(25)44-17(46(35,36)37)11(15(30)31)6(13(26)27)3-8(21)22/h6-7,11-12,17-18H,2-5H2,1H3,(H,21,22)(H,23,24)(H,26,27)(H,28,29)(H,30,31)(H,32,33)(H2,35,36,37)(H2,38,39,40)(H2,41,42,43). The van der Waals surface area contributed by atoms with E-state index < -0.39 is 137 Å². The molecule has 25 nitrogen and oxygen atoms in total. The van der Waals surface area contributed by atoms with Crippen LogP contribution < -0.4 is 0 Å². The van der Waals surface area contributed by atoms with Gasteiger partial charge in [0.25, 0.3) is 0 Å². The van der Waals surface area contributed by atoms with E-state index in [1.807, 2.05) is 0 Å². The Morgan fingerprint density at radius 3 is 1.15 bits per heavy atom. The lowest BCUT2D eigenvalue weighted by Crippen LogP contribution is -2.48. The summed E-state index contributed by atoms with van der Waals surface area (Å²) in [7, 11) is -18.7. The number of hydrogen-bond acceptors (Lipinski definition) is 13. The number of carbonyl (C=O) groups excluding carboxylic acids is 2. The van der Waals surface area contributed by atoms with Gasteiger partial charge in [-0.05, 0) is 6.42 Å². The summed E-state index contributed by atoms with van der Waals surface area (Å²) in [5.74, 6) is -37.3. The molecule has 0 amide bonds. The van der Waals surface area contributed by atoms with E-state index >= 15 is 0 Å². The van der Waals surface area contributed by atoms with Crippen LogP contribution in [0.5, 0.6) is 0 Å². The van der Waals surface area contributed by atoms with E-state index in [4.69, 9.17) is 10.2 Å². The van der Waals surface area contributed by atoms with Gasteiger partial charge in [-0.3, -0.25) is 52.1 Å². The lowest BCUT2D eigenvalue weighted by atomic mass is 9.89. The topological polar surface area (TPSA) is 449 Å². The van der Waals surface area contributed by atoms with Gasteiger partial charge in [-0.15, -0.1) is 0 Å². The minimum Gasteiger partial charge on any atom is -0.481 e. The summed E-state index contributed by atoms with van der Waals surface area (Å²) in [5, 5.41) is 51.7. The van der Waals surface area contributed by atoms with Crippen molar-refractivity contribution in [3.05, 3.63) is 0 Å². The highest BCUT2D eigenvalue weighted by Gasteiger charge is 2.60. The molecule has 0 aromatic rings. The van der Waals surface area contributed by atoms with Crippen molar-refractivity contribution in [3.63, 3.8) is 0 Å². The molecular weight excluding hydrogens is 733 g/mol. The van der Waals surface area contributed by atoms with E-state index in [0.29, 0.717) is 6.92 Å². The van der Waals surface area contributed by atoms with Gasteiger partial charge in [-0.25, -0.2) is 0 Å². The van der Waals surface area contributed by atoms with Crippen molar-refractivity contribution in [1.82, 2.24) is 0 Å². The average molecular weight is 762 g/mol. The number of ether oxygens (including phenoxy) is 2. The third kappa shape index (κ3) is 11.4. The molecule has 0 aliphatic rings. The van der Waals surface area contributed by atoms with Crippen LogP contribution in [-0.4, -0.2) is 125 Å². The smallest absolute Gasteiger partial charge is 0.366 e. The third-order valence-corrected chi connectivity index (χ3v) is 10.5. The second-order valence-corrected chi connectivity index (χ2v) is 15.1. The number of carboxylic acids is 6. The van der Waals surface area contributed by atoms with Crippen LogP contribution in [0, 0.1) is 23.7 Å². The Balaban J connectivity index is 7.16. The van der Waals surface area contributed by atoms with Gasteiger partial charge < -0.3 is 69.5 Å². The van der Waals surface area contributed by atoms with Gasteiger partial charge in [0.2, 0.25) is 11.7 Å². The molecule has 28 heteroatoms. The fourth-order valence-electron chi connectivity index (χ4n) is 4.20. The molecule has 0 fully saturated rings. The molecular formula is C20H29O25P3. The van der Waals surface area contributed by atoms with Gasteiger partial charge in [0.1, 0.15) is 11.8 Å². The molecule has 0 aromatic heterocycles. The highest BCUT2D eigenvalue weighted by molar-refractivity contribution is 7.55. The summed E-state index contributed by atoms with van der Waals surface area (Å²) in [6.07, 6.45) is -6.82. The van der Waals surface area contributed by atoms with E-state index in [9.17, 15) is 102 Å². The van der Waals surface area contributed by atoms with Crippen molar-refractivity contribution in [1.29, 1.82) is 0 Å². The van der Waals surface area contributed by atoms with E-state index in [-0.39, 0.29) is 0 Å². The van der Waals surface area contributed by atoms with Crippen LogP contribution in [0.3, 0.4) is 0 Å². The summed E-state index contributed by atoms with van der Waals surface area (Å²) in [5.41, 5.74) is 0. The summed E-state index contributed by atoms with van der Waals surface area (Å²) < 4.78 is 45.6. The zero-order valence-electron chi connectivity index (χ0n) is 23.8. The molecule has 12 N–H and O–H groups in total. The first-order valence-electron chi connectivity index (χ1n) is 12.4. The fourth-order valence-corrected chi connectivity index (χ4v) is 7.24. The zero-order valence-corrected chi connectivity index (χ0v) is 26.5. The van der Waals surface area contributed by atoms with Crippen LogP contribution in [0.4, 0.5) is 0 Å². The lowest BCUT2D eigenvalue weighted by Gasteiger charge is -2.35. The van der Waals surface area contributed by atoms with Gasteiger partial charge in [-0.1, -0.05) is 6.92 Å². The molecule has 48 heavy (non-hydrogen) atoms. The minimum atomic E-state index is -6.29. The van der Waals surface area contributed by atoms with Crippen LogP contribution >= 0.6 is 22.8 Å². The van der Waals surface area contributed by atoms with E-state index in [1.165, 1.54) is 0 Å². The zero-order chi connectivity index (χ0) is 38.3. The van der Waals surface area contributed by atoms with Crippen molar-refractivity contribution < 1.29 is 122 Å². The van der Waals surface area contributed by atoms with Crippen molar-refractivity contribution in [3.8, 4) is 0 Å². The Kier molecular flexibility index (Phi) is 15.2. The first kappa shape index (κ1) is 44.2. The van der Waals surface area contributed by atoms with Gasteiger partial charge >= 0.3 is 70.5 Å². The fraction of sp³-hybridized carbons (Fsp3) is 0.600. The van der Waals surface area contributed by atoms with E-state index in [0.717, 1.165) is 0 Å². The molecule has 0 saturated heterocycles. The number of rotatable bonds is 21. The highest BCUT2D eigenvalue weighted by Crippen LogP contribution is 2.58. The quantitative estimate of drug-likeness (QED) is 0.0426. The van der Waals surface area contributed by atoms with Crippen LogP contribution in [-0.2, 0) is 61.5 Å². The van der Waals surface area contributed by atoms with Crippen LogP contribution in [0.1, 0.15) is 32.6 Å². The predicted octanol–water partition coefficient (Wildman–Crippen LogP) is -2.45. The normalized spacial score (nSPS) is 17.2. The van der Waals surface area contributed by atoms with Gasteiger partial charge in [0.05, 0.1) is 31.1 Å². The largest absolute Gasteiger partial charge is 0.481 e. The lowest BCUT2D eigenvalue weighted by molar-refractivity contribution is -0.170. The van der Waals surface area contributed by atoms with Gasteiger partial charge in [0, 0.05) is 0 Å². The molecule has 0 radical (unpaired) electrons. The minimum absolute atomic E-state index is 0.674. The maximum atomic E-state index is 13.2. The Hall–Kier alpha value is -3.79. The second-order valence-electron chi connectivity index (χ2n) is 9.77. The molecule has 0 heterocycles. The number of carbonyl (C=O) groups is 8. The Morgan fingerprint density at radius 1 is 0.583 bits per heavy atom. The summed E-state index contributed by atoms with van der Waals surface area (Å²) >= 11 is 0. The average Bonchev–Trinajstić information content (AvgIpc) is 2.86. The SMILES string of the molecule is CCC(CC(=O)OC(C(C(=O)O)C(CC(=O)O)C(=O)O)P(=O)(O)O)(C(=O)OC(C(C(=O)O)C(CC(=O)O)C(=O)O)P(=O)(O)O)P(=O)(O)O. The molecule has 7 atom stereocenters. The molecule has 0 rings (SSSR count). The first-order valence-corrected chi connectivity index (χ1v) is 17.3. The molecule has 7 unspecified atom stereocenters. The first-order chi connectivity index (χ1) is 21.5.